The number of rotatable bonds is 4. The number of Topliss-reactive ketones (excluding diaryl/α,β-unsaturated/α-hetero) is 1. The van der Waals surface area contributed by atoms with Gasteiger partial charge in [-0.15, -0.1) is 11.3 Å². The SMILES string of the molecule is Cc1ccc(C(C)(C)C(=O)C(C#N)c2nc(C)cs2)cc1. The summed E-state index contributed by atoms with van der Waals surface area (Å²) in [5.41, 5.74) is 2.20. The number of carbonyl (C=O) groups excluding carboxylic acids is 1. The van der Waals surface area contributed by atoms with Crippen LogP contribution in [0.2, 0.25) is 0 Å². The predicted octanol–water partition coefficient (Wildman–Crippen LogP) is 3.91. The Labute approximate surface area is 129 Å². The van der Waals surface area contributed by atoms with E-state index >= 15 is 0 Å². The summed E-state index contributed by atoms with van der Waals surface area (Å²) in [4.78, 5) is 17.1. The van der Waals surface area contributed by atoms with Crippen LogP contribution in [-0.2, 0) is 10.2 Å². The van der Waals surface area contributed by atoms with E-state index < -0.39 is 11.3 Å². The molecule has 1 unspecified atom stereocenters. The lowest BCUT2D eigenvalue weighted by molar-refractivity contribution is -0.123. The van der Waals surface area contributed by atoms with Crippen molar-refractivity contribution in [2.45, 2.75) is 39.0 Å². The summed E-state index contributed by atoms with van der Waals surface area (Å²) < 4.78 is 0. The van der Waals surface area contributed by atoms with Crippen LogP contribution < -0.4 is 0 Å². The minimum absolute atomic E-state index is 0.108. The van der Waals surface area contributed by atoms with Crippen molar-refractivity contribution >= 4 is 17.1 Å². The van der Waals surface area contributed by atoms with Gasteiger partial charge in [-0.05, 0) is 33.3 Å². The van der Waals surface area contributed by atoms with Gasteiger partial charge in [0.25, 0.3) is 0 Å². The highest BCUT2D eigenvalue weighted by Crippen LogP contribution is 2.32. The number of hydrogen-bond acceptors (Lipinski definition) is 4. The van der Waals surface area contributed by atoms with Crippen molar-refractivity contribution in [2.75, 3.05) is 0 Å². The molecule has 3 nitrogen and oxygen atoms in total. The van der Waals surface area contributed by atoms with Crippen molar-refractivity contribution in [3.63, 3.8) is 0 Å². The normalized spacial score (nSPS) is 12.7. The lowest BCUT2D eigenvalue weighted by Gasteiger charge is -2.25. The third-order valence-electron chi connectivity index (χ3n) is 3.66. The summed E-state index contributed by atoms with van der Waals surface area (Å²) in [6.45, 7) is 7.61. The van der Waals surface area contributed by atoms with Crippen LogP contribution in [0, 0.1) is 25.2 Å². The van der Waals surface area contributed by atoms with Crippen LogP contribution in [0.5, 0.6) is 0 Å². The maximum absolute atomic E-state index is 12.8. The molecule has 0 radical (unpaired) electrons. The van der Waals surface area contributed by atoms with Crippen molar-refractivity contribution in [2.24, 2.45) is 0 Å². The Morgan fingerprint density at radius 3 is 2.38 bits per heavy atom. The van der Waals surface area contributed by atoms with Crippen molar-refractivity contribution in [3.05, 3.63) is 51.5 Å². The number of aromatic nitrogens is 1. The molecule has 108 valence electrons. The third-order valence-corrected chi connectivity index (χ3v) is 4.69. The molecule has 1 aromatic heterocycles. The van der Waals surface area contributed by atoms with Crippen LogP contribution in [0.15, 0.2) is 29.6 Å². The second kappa shape index (κ2) is 5.79. The van der Waals surface area contributed by atoms with Gasteiger partial charge < -0.3 is 0 Å². The molecule has 0 fully saturated rings. The van der Waals surface area contributed by atoms with E-state index in [-0.39, 0.29) is 5.78 Å². The highest BCUT2D eigenvalue weighted by Gasteiger charge is 2.37. The van der Waals surface area contributed by atoms with Gasteiger partial charge in [0, 0.05) is 11.1 Å². The van der Waals surface area contributed by atoms with E-state index in [9.17, 15) is 10.1 Å². The average Bonchev–Trinajstić information content (AvgIpc) is 2.86. The van der Waals surface area contributed by atoms with Gasteiger partial charge in [0.05, 0.1) is 11.5 Å². The first-order chi connectivity index (χ1) is 9.86. The number of ketones is 1. The molecule has 21 heavy (non-hydrogen) atoms. The van der Waals surface area contributed by atoms with Gasteiger partial charge >= 0.3 is 0 Å². The van der Waals surface area contributed by atoms with Crippen LogP contribution in [0.3, 0.4) is 0 Å². The van der Waals surface area contributed by atoms with Gasteiger partial charge in [0.2, 0.25) is 0 Å². The Kier molecular flexibility index (Phi) is 4.24. The van der Waals surface area contributed by atoms with Crippen LogP contribution in [0.25, 0.3) is 0 Å². The first-order valence-corrected chi connectivity index (χ1v) is 7.67. The smallest absolute Gasteiger partial charge is 0.166 e. The number of carbonyl (C=O) groups is 1. The molecule has 0 aliphatic carbocycles. The zero-order valence-electron chi connectivity index (χ0n) is 12.7. The Balaban J connectivity index is 2.36. The van der Waals surface area contributed by atoms with Gasteiger partial charge in [-0.1, -0.05) is 29.8 Å². The first kappa shape index (κ1) is 15.4. The summed E-state index contributed by atoms with van der Waals surface area (Å²) >= 11 is 1.37. The number of aryl methyl sites for hydroxylation is 2. The minimum Gasteiger partial charge on any atom is -0.297 e. The Bertz CT molecular complexity index is 692. The van der Waals surface area contributed by atoms with Crippen LogP contribution in [0.4, 0.5) is 0 Å². The molecule has 0 aliphatic heterocycles. The lowest BCUT2D eigenvalue weighted by atomic mass is 9.76. The highest BCUT2D eigenvalue weighted by atomic mass is 32.1. The van der Waals surface area contributed by atoms with Crippen LogP contribution in [0.1, 0.15) is 41.6 Å². The van der Waals surface area contributed by atoms with Crippen molar-refractivity contribution in [1.29, 1.82) is 5.26 Å². The highest BCUT2D eigenvalue weighted by molar-refractivity contribution is 7.09. The molecule has 0 amide bonds. The Morgan fingerprint density at radius 1 is 1.29 bits per heavy atom. The number of nitriles is 1. The molecule has 0 N–H and O–H groups in total. The van der Waals surface area contributed by atoms with Crippen molar-refractivity contribution < 1.29 is 4.79 Å². The molecule has 0 bridgehead atoms. The molecule has 0 spiro atoms. The molecule has 2 aromatic rings. The molecule has 2 rings (SSSR count). The Morgan fingerprint density at radius 2 is 1.90 bits per heavy atom. The van der Waals surface area contributed by atoms with Gasteiger partial charge in [-0.2, -0.15) is 5.26 Å². The van der Waals surface area contributed by atoms with E-state index in [1.807, 2.05) is 57.3 Å². The summed E-state index contributed by atoms with van der Waals surface area (Å²) in [5.74, 6) is -0.914. The maximum atomic E-state index is 12.8. The van der Waals surface area contributed by atoms with Crippen LogP contribution >= 0.6 is 11.3 Å². The second-order valence-electron chi connectivity index (χ2n) is 5.74. The molecular formula is C17H18N2OS. The number of hydrogen-bond donors (Lipinski definition) is 0. The van der Waals surface area contributed by atoms with Gasteiger partial charge in [0.1, 0.15) is 5.01 Å². The molecule has 0 saturated heterocycles. The summed E-state index contributed by atoms with van der Waals surface area (Å²) in [7, 11) is 0. The molecular weight excluding hydrogens is 280 g/mol. The summed E-state index contributed by atoms with van der Waals surface area (Å²) in [6.07, 6.45) is 0. The monoisotopic (exact) mass is 298 g/mol. The van der Waals surface area contributed by atoms with Crippen molar-refractivity contribution in [3.8, 4) is 6.07 Å². The van der Waals surface area contributed by atoms with Gasteiger partial charge in [-0.3, -0.25) is 4.79 Å². The third kappa shape index (κ3) is 3.03. The maximum Gasteiger partial charge on any atom is 0.166 e. The zero-order chi connectivity index (χ0) is 15.6. The lowest BCUT2D eigenvalue weighted by Crippen LogP contribution is -2.33. The fraction of sp³-hybridized carbons (Fsp3) is 0.353. The largest absolute Gasteiger partial charge is 0.297 e. The van der Waals surface area contributed by atoms with E-state index in [4.69, 9.17) is 0 Å². The summed E-state index contributed by atoms with van der Waals surface area (Å²) in [6, 6.07) is 9.99. The first-order valence-electron chi connectivity index (χ1n) is 6.79. The standard InChI is InChI=1S/C17H18N2OS/c1-11-5-7-13(8-6-11)17(3,4)15(20)14(9-18)16-19-12(2)10-21-16/h5-8,10,14H,1-4H3. The molecule has 1 atom stereocenters. The minimum atomic E-state index is -0.806. The number of thiazole rings is 1. The van der Waals surface area contributed by atoms with E-state index in [0.717, 1.165) is 16.8 Å². The quantitative estimate of drug-likeness (QED) is 0.859. The van der Waals surface area contributed by atoms with Gasteiger partial charge in [0.15, 0.2) is 11.7 Å². The fourth-order valence-corrected chi connectivity index (χ4v) is 3.04. The molecule has 4 heteroatoms. The Hall–Kier alpha value is -1.99. The fourth-order valence-electron chi connectivity index (χ4n) is 2.20. The van der Waals surface area contributed by atoms with E-state index in [0.29, 0.717) is 5.01 Å². The second-order valence-corrected chi connectivity index (χ2v) is 6.63. The topological polar surface area (TPSA) is 53.8 Å². The zero-order valence-corrected chi connectivity index (χ0v) is 13.5. The molecule has 1 aromatic carbocycles. The number of benzene rings is 1. The summed E-state index contributed by atoms with van der Waals surface area (Å²) in [5, 5.41) is 11.9. The average molecular weight is 298 g/mol. The predicted molar refractivity (Wildman–Crippen MR) is 84.4 cm³/mol. The van der Waals surface area contributed by atoms with E-state index in [1.165, 1.54) is 11.3 Å². The number of nitrogens with zero attached hydrogens (tertiary/aromatic N) is 2. The van der Waals surface area contributed by atoms with Crippen molar-refractivity contribution in [1.82, 2.24) is 4.98 Å². The van der Waals surface area contributed by atoms with Gasteiger partial charge in [-0.25, -0.2) is 4.98 Å². The van der Waals surface area contributed by atoms with E-state index in [1.54, 1.807) is 0 Å². The molecule has 0 saturated carbocycles. The van der Waals surface area contributed by atoms with E-state index in [2.05, 4.69) is 11.1 Å². The van der Waals surface area contributed by atoms with Crippen LogP contribution in [-0.4, -0.2) is 10.8 Å². The molecule has 0 aliphatic rings. The molecule has 1 heterocycles.